The van der Waals surface area contributed by atoms with Gasteiger partial charge in [-0.1, -0.05) is 41.0 Å². The van der Waals surface area contributed by atoms with Crippen molar-refractivity contribution in [2.45, 2.75) is 41.7 Å². The van der Waals surface area contributed by atoms with Crippen molar-refractivity contribution in [3.8, 4) is 0 Å². The highest BCUT2D eigenvalue weighted by molar-refractivity contribution is 7.99. The van der Waals surface area contributed by atoms with Gasteiger partial charge in [-0.25, -0.2) is 9.97 Å². The Bertz CT molecular complexity index is 1100. The zero-order valence-electron chi connectivity index (χ0n) is 17.5. The van der Waals surface area contributed by atoms with E-state index in [1.807, 2.05) is 37.8 Å². The second-order valence-electron chi connectivity index (χ2n) is 8.33. The van der Waals surface area contributed by atoms with Gasteiger partial charge in [0.05, 0.1) is 27.7 Å². The summed E-state index contributed by atoms with van der Waals surface area (Å²) in [5.74, 6) is 0.928. The van der Waals surface area contributed by atoms with Crippen molar-refractivity contribution >= 4 is 46.6 Å². The number of benzene rings is 1. The van der Waals surface area contributed by atoms with Gasteiger partial charge in [0.25, 0.3) is 0 Å². The zero-order valence-corrected chi connectivity index (χ0v) is 19.8. The van der Waals surface area contributed by atoms with E-state index in [0.29, 0.717) is 16.1 Å². The first-order valence-electron chi connectivity index (χ1n) is 10.5. The van der Waals surface area contributed by atoms with Gasteiger partial charge in [0, 0.05) is 48.0 Å². The maximum atomic E-state index is 6.39. The molecule has 31 heavy (non-hydrogen) atoms. The summed E-state index contributed by atoms with van der Waals surface area (Å²) in [4.78, 5) is 13.6. The van der Waals surface area contributed by atoms with E-state index in [0.717, 1.165) is 53.9 Å². The summed E-state index contributed by atoms with van der Waals surface area (Å²) in [6.07, 6.45) is 8.10. The number of ether oxygens (including phenoxy) is 1. The summed E-state index contributed by atoms with van der Waals surface area (Å²) in [6.45, 7) is 4.89. The Morgan fingerprint density at radius 2 is 2.00 bits per heavy atom. The fourth-order valence-corrected chi connectivity index (χ4v) is 6.40. The molecule has 1 N–H and O–H groups in total. The van der Waals surface area contributed by atoms with E-state index in [4.69, 9.17) is 32.9 Å². The molecule has 2 aromatic heterocycles. The standard InChI is InChI=1S/C22H25Cl2N5OS/c1-14-19(25-2)22(13-30-14)6-9-28(10-7-22)21-27-12-17(20-26-8-11-29(20)21)31-16-5-3-4-15(23)18(16)24/h3-5,8,11-12,14,19,25H,6-7,9-10,13H2,1-2H3/t14-,19+/m0/s1. The van der Waals surface area contributed by atoms with E-state index in [1.54, 1.807) is 6.07 Å². The van der Waals surface area contributed by atoms with Crippen molar-refractivity contribution in [2.75, 3.05) is 31.6 Å². The zero-order chi connectivity index (χ0) is 21.6. The van der Waals surface area contributed by atoms with Crippen LogP contribution in [0.25, 0.3) is 5.65 Å². The van der Waals surface area contributed by atoms with Crippen LogP contribution in [0.15, 0.2) is 46.6 Å². The second kappa shape index (κ2) is 8.45. The lowest BCUT2D eigenvalue weighted by atomic mass is 9.73. The van der Waals surface area contributed by atoms with Crippen LogP contribution in [0.2, 0.25) is 10.0 Å². The minimum atomic E-state index is 0.206. The van der Waals surface area contributed by atoms with Gasteiger partial charge >= 0.3 is 0 Å². The van der Waals surface area contributed by atoms with Crippen LogP contribution in [0, 0.1) is 5.41 Å². The van der Waals surface area contributed by atoms with Crippen molar-refractivity contribution in [3.63, 3.8) is 0 Å². The summed E-state index contributed by atoms with van der Waals surface area (Å²) in [6, 6.07) is 6.05. The Balaban J connectivity index is 1.40. The molecule has 9 heteroatoms. The van der Waals surface area contributed by atoms with E-state index >= 15 is 0 Å². The fourth-order valence-electron chi connectivity index (χ4n) is 5.00. The minimum absolute atomic E-state index is 0.206. The molecule has 2 fully saturated rings. The quantitative estimate of drug-likeness (QED) is 0.583. The molecule has 5 rings (SSSR count). The van der Waals surface area contributed by atoms with Gasteiger partial charge in [0.1, 0.15) is 0 Å². The molecule has 1 spiro atoms. The molecule has 0 radical (unpaired) electrons. The molecule has 0 saturated carbocycles. The minimum Gasteiger partial charge on any atom is -0.376 e. The number of piperidine rings is 1. The third-order valence-corrected chi connectivity index (χ3v) is 8.62. The highest BCUT2D eigenvalue weighted by atomic mass is 35.5. The van der Waals surface area contributed by atoms with Crippen LogP contribution >= 0.6 is 35.0 Å². The topological polar surface area (TPSA) is 54.7 Å². The molecule has 2 aliphatic heterocycles. The summed E-state index contributed by atoms with van der Waals surface area (Å²) in [5, 5.41) is 4.59. The molecule has 3 aromatic rings. The third kappa shape index (κ3) is 3.70. The van der Waals surface area contributed by atoms with E-state index in [9.17, 15) is 0 Å². The summed E-state index contributed by atoms with van der Waals surface area (Å²) >= 11 is 14.1. The highest BCUT2D eigenvalue weighted by Gasteiger charge is 2.48. The fraction of sp³-hybridized carbons (Fsp3) is 0.455. The molecule has 6 nitrogen and oxygen atoms in total. The normalized spacial score (nSPS) is 23.2. The lowest BCUT2D eigenvalue weighted by Crippen LogP contribution is -2.52. The smallest absolute Gasteiger partial charge is 0.211 e. The van der Waals surface area contributed by atoms with Crippen LogP contribution in [-0.2, 0) is 4.74 Å². The molecular formula is C22H25Cl2N5OS. The molecule has 2 atom stereocenters. The number of anilines is 1. The predicted octanol–water partition coefficient (Wildman–Crippen LogP) is 4.78. The maximum absolute atomic E-state index is 6.39. The first kappa shape index (κ1) is 21.3. The lowest BCUT2D eigenvalue weighted by Gasteiger charge is -2.42. The maximum Gasteiger partial charge on any atom is 0.211 e. The average molecular weight is 478 g/mol. The van der Waals surface area contributed by atoms with Gasteiger partial charge in [0.15, 0.2) is 5.65 Å². The number of nitrogens with zero attached hydrogens (tertiary/aromatic N) is 4. The van der Waals surface area contributed by atoms with Crippen molar-refractivity contribution < 1.29 is 4.74 Å². The van der Waals surface area contributed by atoms with Gasteiger partial charge in [-0.15, -0.1) is 0 Å². The Labute approximate surface area is 196 Å². The highest BCUT2D eigenvalue weighted by Crippen LogP contribution is 2.43. The molecule has 0 unspecified atom stereocenters. The molecule has 2 aliphatic rings. The van der Waals surface area contributed by atoms with Gasteiger partial charge in [0.2, 0.25) is 5.95 Å². The van der Waals surface area contributed by atoms with E-state index in [-0.39, 0.29) is 11.5 Å². The number of fused-ring (bicyclic) bond motifs is 1. The molecule has 164 valence electrons. The van der Waals surface area contributed by atoms with Gasteiger partial charge in [-0.2, -0.15) is 0 Å². The SMILES string of the molecule is CN[C@@H]1[C@H](C)OCC12CCN(c1ncc(Sc3cccc(Cl)c3Cl)c3nccn13)CC2. The Morgan fingerprint density at radius 3 is 2.77 bits per heavy atom. The van der Waals surface area contributed by atoms with Crippen LogP contribution in [0.5, 0.6) is 0 Å². The molecule has 4 heterocycles. The van der Waals surface area contributed by atoms with Crippen molar-refractivity contribution in [2.24, 2.45) is 5.41 Å². The monoisotopic (exact) mass is 477 g/mol. The lowest BCUT2D eigenvalue weighted by molar-refractivity contribution is 0.0971. The first-order valence-corrected chi connectivity index (χ1v) is 12.1. The summed E-state index contributed by atoms with van der Waals surface area (Å²) in [5.41, 5.74) is 1.08. The van der Waals surface area contributed by atoms with Crippen LogP contribution in [0.1, 0.15) is 19.8 Å². The number of rotatable bonds is 4. The number of likely N-dealkylation sites (N-methyl/N-ethyl adjacent to an activating group) is 1. The van der Waals surface area contributed by atoms with Crippen molar-refractivity contribution in [3.05, 3.63) is 46.8 Å². The number of hydrogen-bond donors (Lipinski definition) is 1. The Kier molecular flexibility index (Phi) is 5.81. The molecule has 0 amide bonds. The van der Waals surface area contributed by atoms with Gasteiger partial charge in [-0.3, -0.25) is 4.40 Å². The van der Waals surface area contributed by atoms with Gasteiger partial charge < -0.3 is 15.0 Å². The van der Waals surface area contributed by atoms with Crippen LogP contribution in [0.3, 0.4) is 0 Å². The second-order valence-corrected chi connectivity index (χ2v) is 10.2. The predicted molar refractivity (Wildman–Crippen MR) is 126 cm³/mol. The van der Waals surface area contributed by atoms with Crippen molar-refractivity contribution in [1.29, 1.82) is 0 Å². The summed E-state index contributed by atoms with van der Waals surface area (Å²) < 4.78 is 8.08. The molecular weight excluding hydrogens is 453 g/mol. The Hall–Kier alpha value is -1.51. The number of halogens is 2. The van der Waals surface area contributed by atoms with Crippen LogP contribution in [-0.4, -0.2) is 53.3 Å². The Morgan fingerprint density at radius 1 is 1.19 bits per heavy atom. The van der Waals surface area contributed by atoms with Crippen molar-refractivity contribution in [1.82, 2.24) is 19.7 Å². The van der Waals surface area contributed by atoms with Gasteiger partial charge in [-0.05, 0) is 38.9 Å². The molecule has 0 aliphatic carbocycles. The average Bonchev–Trinajstić information content (AvgIpc) is 3.38. The van der Waals surface area contributed by atoms with E-state index in [1.165, 1.54) is 11.8 Å². The number of aromatic nitrogens is 3. The number of hydrogen-bond acceptors (Lipinski definition) is 6. The third-order valence-electron chi connectivity index (χ3n) is 6.63. The largest absolute Gasteiger partial charge is 0.376 e. The first-order chi connectivity index (χ1) is 15.0. The summed E-state index contributed by atoms with van der Waals surface area (Å²) in [7, 11) is 2.04. The van der Waals surface area contributed by atoms with E-state index in [2.05, 4.69) is 26.5 Å². The molecule has 2 saturated heterocycles. The van der Waals surface area contributed by atoms with E-state index < -0.39 is 0 Å². The molecule has 1 aromatic carbocycles. The number of nitrogens with one attached hydrogen (secondary N) is 1. The molecule has 0 bridgehead atoms. The van der Waals surface area contributed by atoms with Crippen LogP contribution < -0.4 is 10.2 Å². The number of imidazole rings is 1. The van der Waals surface area contributed by atoms with Crippen LogP contribution in [0.4, 0.5) is 5.95 Å².